The number of halogens is 4. The molecular weight excluding hydrogens is 528 g/mol. The summed E-state index contributed by atoms with van der Waals surface area (Å²) in [5.74, 6) is 0.564. The molecule has 30 heavy (non-hydrogen) atoms. The van der Waals surface area contributed by atoms with Crippen LogP contribution in [0, 0.1) is 0 Å². The largest absolute Gasteiger partial charge is 0.434 e. The zero-order chi connectivity index (χ0) is 20.9. The van der Waals surface area contributed by atoms with Crippen LogP contribution in [-0.4, -0.2) is 34.3 Å². The van der Waals surface area contributed by atoms with Crippen molar-refractivity contribution >= 4 is 41.3 Å². The van der Waals surface area contributed by atoms with Gasteiger partial charge < -0.3 is 10.6 Å². The standard InChI is InChI=1S/C19H21F3N6S.HI/c1-13(14-5-3-6-15(11-14)28-10-4-8-25-28)26-18(23-2)24-9-7-17-27-16(12-29-17)19(20,21)22;/h3-6,8,10-13H,7,9H2,1-2H3,(H2,23,24,26);1H. The summed E-state index contributed by atoms with van der Waals surface area (Å²) in [6.45, 7) is 2.43. The third-order valence-corrected chi connectivity index (χ3v) is 5.10. The van der Waals surface area contributed by atoms with E-state index in [4.69, 9.17) is 0 Å². The zero-order valence-corrected chi connectivity index (χ0v) is 19.5. The summed E-state index contributed by atoms with van der Waals surface area (Å²) in [4.78, 5) is 7.81. The number of thiazole rings is 1. The van der Waals surface area contributed by atoms with Crippen molar-refractivity contribution in [3.8, 4) is 5.69 Å². The number of hydrogen-bond acceptors (Lipinski definition) is 4. The molecule has 3 aromatic rings. The average Bonchev–Trinajstić information content (AvgIpc) is 3.39. The summed E-state index contributed by atoms with van der Waals surface area (Å²) < 4.78 is 39.7. The lowest BCUT2D eigenvalue weighted by Crippen LogP contribution is -2.39. The zero-order valence-electron chi connectivity index (χ0n) is 16.3. The highest BCUT2D eigenvalue weighted by Crippen LogP contribution is 2.30. The van der Waals surface area contributed by atoms with E-state index in [1.807, 2.05) is 43.5 Å². The Kier molecular flexibility index (Phi) is 8.65. The molecule has 0 spiro atoms. The summed E-state index contributed by atoms with van der Waals surface area (Å²) in [7, 11) is 1.65. The third-order valence-electron chi connectivity index (χ3n) is 4.19. The smallest absolute Gasteiger partial charge is 0.356 e. The lowest BCUT2D eigenvalue weighted by atomic mass is 10.1. The summed E-state index contributed by atoms with van der Waals surface area (Å²) in [5.41, 5.74) is 1.16. The lowest BCUT2D eigenvalue weighted by Gasteiger charge is -2.19. The number of aliphatic imine (C=N–C) groups is 1. The second kappa shape index (κ2) is 10.8. The van der Waals surface area contributed by atoms with Gasteiger partial charge in [-0.2, -0.15) is 18.3 Å². The molecule has 2 aromatic heterocycles. The quantitative estimate of drug-likeness (QED) is 0.271. The molecule has 0 amide bonds. The van der Waals surface area contributed by atoms with Crippen molar-refractivity contribution in [2.24, 2.45) is 4.99 Å². The van der Waals surface area contributed by atoms with Gasteiger partial charge in [0.1, 0.15) is 0 Å². The maximum absolute atomic E-state index is 12.6. The Morgan fingerprint density at radius 1 is 1.30 bits per heavy atom. The van der Waals surface area contributed by atoms with Crippen molar-refractivity contribution in [2.45, 2.75) is 25.6 Å². The first-order valence-corrected chi connectivity index (χ1v) is 9.83. The maximum Gasteiger partial charge on any atom is 0.434 e. The number of nitrogens with one attached hydrogen (secondary N) is 2. The van der Waals surface area contributed by atoms with Crippen LogP contribution in [0.1, 0.15) is 29.2 Å². The fourth-order valence-electron chi connectivity index (χ4n) is 2.68. The van der Waals surface area contributed by atoms with E-state index in [1.165, 1.54) is 0 Å². The predicted octanol–water partition coefficient (Wildman–Crippen LogP) is 4.43. The number of rotatable bonds is 6. The van der Waals surface area contributed by atoms with E-state index in [2.05, 4.69) is 25.7 Å². The van der Waals surface area contributed by atoms with E-state index in [9.17, 15) is 13.2 Å². The molecule has 6 nitrogen and oxygen atoms in total. The first kappa shape index (κ1) is 24.1. The van der Waals surface area contributed by atoms with E-state index in [1.54, 1.807) is 17.9 Å². The van der Waals surface area contributed by atoms with Gasteiger partial charge >= 0.3 is 6.18 Å². The Morgan fingerprint density at radius 3 is 2.73 bits per heavy atom. The van der Waals surface area contributed by atoms with Gasteiger partial charge in [0, 0.05) is 37.8 Å². The minimum atomic E-state index is -4.40. The molecule has 162 valence electrons. The summed E-state index contributed by atoms with van der Waals surface area (Å²) in [5, 5.41) is 12.1. The molecule has 1 unspecified atom stereocenters. The summed E-state index contributed by atoms with van der Waals surface area (Å²) in [6, 6.07) is 9.80. The Bertz CT molecular complexity index is 955. The first-order chi connectivity index (χ1) is 13.9. The van der Waals surface area contributed by atoms with Crippen LogP contribution in [0.2, 0.25) is 0 Å². The Balaban J connectivity index is 0.00000320. The highest BCUT2D eigenvalue weighted by atomic mass is 127. The normalized spacial score (nSPS) is 12.9. The fraction of sp³-hybridized carbons (Fsp3) is 0.316. The van der Waals surface area contributed by atoms with Gasteiger partial charge in [0.05, 0.1) is 16.7 Å². The SMILES string of the molecule is CN=C(NCCc1nc(C(F)(F)F)cs1)NC(C)c1cccc(-n2cccn2)c1.I. The molecule has 1 aromatic carbocycles. The van der Waals surface area contributed by atoms with E-state index in [0.717, 1.165) is 28.0 Å². The van der Waals surface area contributed by atoms with Crippen LogP contribution >= 0.6 is 35.3 Å². The van der Waals surface area contributed by atoms with Crippen molar-refractivity contribution in [2.75, 3.05) is 13.6 Å². The monoisotopic (exact) mass is 550 g/mol. The number of aromatic nitrogens is 3. The number of alkyl halides is 3. The molecule has 0 saturated heterocycles. The summed E-state index contributed by atoms with van der Waals surface area (Å²) in [6.07, 6.45) is -0.425. The topological polar surface area (TPSA) is 67.1 Å². The second-order valence-corrected chi connectivity index (χ2v) is 7.23. The molecular formula is C19H22F3IN6S. The molecule has 2 heterocycles. The fourth-order valence-corrected chi connectivity index (χ4v) is 3.49. The highest BCUT2D eigenvalue weighted by Gasteiger charge is 2.33. The van der Waals surface area contributed by atoms with E-state index < -0.39 is 11.9 Å². The van der Waals surface area contributed by atoms with Crippen molar-refractivity contribution < 1.29 is 13.2 Å². The van der Waals surface area contributed by atoms with E-state index >= 15 is 0 Å². The van der Waals surface area contributed by atoms with Gasteiger partial charge in [-0.15, -0.1) is 35.3 Å². The van der Waals surface area contributed by atoms with Crippen LogP contribution in [-0.2, 0) is 12.6 Å². The first-order valence-electron chi connectivity index (χ1n) is 8.95. The third kappa shape index (κ3) is 6.42. The van der Waals surface area contributed by atoms with Gasteiger partial charge in [-0.3, -0.25) is 4.99 Å². The number of benzene rings is 1. The summed E-state index contributed by atoms with van der Waals surface area (Å²) >= 11 is 1.01. The molecule has 0 aliphatic carbocycles. The molecule has 0 aliphatic heterocycles. The lowest BCUT2D eigenvalue weighted by molar-refractivity contribution is -0.140. The molecule has 3 rings (SSSR count). The van der Waals surface area contributed by atoms with Gasteiger partial charge in [-0.05, 0) is 30.7 Å². The van der Waals surface area contributed by atoms with E-state index in [-0.39, 0.29) is 30.0 Å². The molecule has 11 heteroatoms. The number of nitrogens with zero attached hydrogens (tertiary/aromatic N) is 4. The molecule has 2 N–H and O–H groups in total. The van der Waals surface area contributed by atoms with E-state index in [0.29, 0.717) is 23.9 Å². The minimum Gasteiger partial charge on any atom is -0.356 e. The maximum atomic E-state index is 12.6. The van der Waals surface area contributed by atoms with Crippen LogP contribution in [0.25, 0.3) is 5.69 Å². The van der Waals surface area contributed by atoms with Crippen LogP contribution in [0.5, 0.6) is 0 Å². The molecule has 0 aliphatic rings. The second-order valence-electron chi connectivity index (χ2n) is 6.28. The van der Waals surface area contributed by atoms with Gasteiger partial charge in [0.2, 0.25) is 0 Å². The molecule has 1 atom stereocenters. The predicted molar refractivity (Wildman–Crippen MR) is 123 cm³/mol. The van der Waals surface area contributed by atoms with Crippen LogP contribution in [0.3, 0.4) is 0 Å². The van der Waals surface area contributed by atoms with Gasteiger partial charge in [-0.25, -0.2) is 9.67 Å². The van der Waals surface area contributed by atoms with Crippen LogP contribution in [0.15, 0.2) is 53.1 Å². The van der Waals surface area contributed by atoms with Gasteiger partial charge in [0.25, 0.3) is 0 Å². The van der Waals surface area contributed by atoms with Crippen molar-refractivity contribution in [1.82, 2.24) is 25.4 Å². The van der Waals surface area contributed by atoms with Crippen LogP contribution < -0.4 is 10.6 Å². The van der Waals surface area contributed by atoms with Crippen LogP contribution in [0.4, 0.5) is 13.2 Å². The molecule has 0 radical (unpaired) electrons. The van der Waals surface area contributed by atoms with Crippen molar-refractivity contribution in [3.05, 3.63) is 64.4 Å². The van der Waals surface area contributed by atoms with Gasteiger partial charge in [0.15, 0.2) is 11.7 Å². The Morgan fingerprint density at radius 2 is 2.10 bits per heavy atom. The Labute approximate surface area is 193 Å². The number of guanidine groups is 1. The van der Waals surface area contributed by atoms with Crippen molar-refractivity contribution in [3.63, 3.8) is 0 Å². The highest BCUT2D eigenvalue weighted by molar-refractivity contribution is 14.0. The molecule has 0 fully saturated rings. The van der Waals surface area contributed by atoms with Crippen molar-refractivity contribution in [1.29, 1.82) is 0 Å². The molecule has 0 saturated carbocycles. The number of hydrogen-bond donors (Lipinski definition) is 2. The minimum absolute atomic E-state index is 0. The average molecular weight is 550 g/mol. The van der Waals surface area contributed by atoms with Gasteiger partial charge in [-0.1, -0.05) is 12.1 Å². The Hall–Kier alpha value is -2.15. The molecule has 0 bridgehead atoms.